The molecule has 0 amide bonds. The van der Waals surface area contributed by atoms with E-state index in [1.807, 2.05) is 0 Å². The molecule has 5 heteroatoms. The Bertz CT molecular complexity index is 351. The highest BCUT2D eigenvalue weighted by Gasteiger charge is 2.14. The third-order valence-corrected chi connectivity index (χ3v) is 3.48. The molecule has 0 saturated carbocycles. The monoisotopic (exact) mass is 252 g/mol. The number of nitrogens with one attached hydrogen (secondary N) is 1. The van der Waals surface area contributed by atoms with Gasteiger partial charge in [-0.25, -0.2) is 0 Å². The van der Waals surface area contributed by atoms with Crippen molar-refractivity contribution in [3.63, 3.8) is 0 Å². The van der Waals surface area contributed by atoms with Crippen LogP contribution in [0.1, 0.15) is 50.2 Å². The van der Waals surface area contributed by atoms with Crippen LogP contribution in [0.15, 0.2) is 0 Å². The lowest BCUT2D eigenvalue weighted by Crippen LogP contribution is -2.20. The molecule has 0 unspecified atom stereocenters. The molecule has 2 N–H and O–H groups in total. The predicted octanol–water partition coefficient (Wildman–Crippen LogP) is 1.26. The van der Waals surface area contributed by atoms with E-state index in [1.165, 1.54) is 25.7 Å². The van der Waals surface area contributed by atoms with Crippen LogP contribution in [0.4, 0.5) is 0 Å². The smallest absolute Gasteiger partial charge is 0.147 e. The lowest BCUT2D eigenvalue weighted by atomic mass is 10.1. The van der Waals surface area contributed by atoms with Crippen LogP contribution >= 0.6 is 0 Å². The molecular formula is C13H24N4O. The normalized spacial score (nSPS) is 14.7. The van der Waals surface area contributed by atoms with Crippen LogP contribution in [-0.2, 0) is 19.5 Å². The largest absolute Gasteiger partial charge is 0.396 e. The Morgan fingerprint density at radius 2 is 2.00 bits per heavy atom. The van der Waals surface area contributed by atoms with Gasteiger partial charge < -0.3 is 15.0 Å². The van der Waals surface area contributed by atoms with Gasteiger partial charge in [0.25, 0.3) is 0 Å². The van der Waals surface area contributed by atoms with Crippen LogP contribution in [0.3, 0.4) is 0 Å². The van der Waals surface area contributed by atoms with Crippen molar-refractivity contribution in [2.45, 2.75) is 58.0 Å². The molecule has 0 fully saturated rings. The van der Waals surface area contributed by atoms with Crippen LogP contribution in [0, 0.1) is 0 Å². The van der Waals surface area contributed by atoms with Crippen molar-refractivity contribution in [3.05, 3.63) is 11.6 Å². The number of fused-ring (bicyclic) bond motifs is 1. The first-order valence-corrected chi connectivity index (χ1v) is 7.14. The first-order chi connectivity index (χ1) is 8.92. The first-order valence-electron chi connectivity index (χ1n) is 7.14. The highest BCUT2D eigenvalue weighted by atomic mass is 16.2. The Kier molecular flexibility index (Phi) is 5.61. The molecule has 2 rings (SSSR count). The van der Waals surface area contributed by atoms with Crippen molar-refractivity contribution in [1.82, 2.24) is 20.1 Å². The van der Waals surface area contributed by atoms with Gasteiger partial charge in [0.2, 0.25) is 0 Å². The van der Waals surface area contributed by atoms with Crippen LogP contribution in [0.5, 0.6) is 0 Å². The van der Waals surface area contributed by atoms with Crippen molar-refractivity contribution in [2.75, 3.05) is 13.2 Å². The van der Waals surface area contributed by atoms with Gasteiger partial charge in [0.05, 0.1) is 6.54 Å². The third kappa shape index (κ3) is 3.78. The summed E-state index contributed by atoms with van der Waals surface area (Å²) in [6.45, 7) is 3.25. The fourth-order valence-corrected chi connectivity index (χ4v) is 2.41. The zero-order valence-electron chi connectivity index (χ0n) is 11.1. The van der Waals surface area contributed by atoms with Crippen LogP contribution < -0.4 is 5.32 Å². The average molecular weight is 252 g/mol. The number of rotatable bonds is 8. The second kappa shape index (κ2) is 7.48. The number of unbranched alkanes of at least 4 members (excludes halogenated alkanes) is 3. The minimum Gasteiger partial charge on any atom is -0.396 e. The Labute approximate surface area is 109 Å². The van der Waals surface area contributed by atoms with Crippen molar-refractivity contribution in [2.24, 2.45) is 0 Å². The van der Waals surface area contributed by atoms with Crippen LogP contribution in [-0.4, -0.2) is 33.0 Å². The van der Waals surface area contributed by atoms with Gasteiger partial charge in [-0.15, -0.1) is 10.2 Å². The number of aryl methyl sites for hydroxylation is 1. The first kappa shape index (κ1) is 13.5. The molecule has 0 atom stereocenters. The highest BCUT2D eigenvalue weighted by molar-refractivity contribution is 4.98. The molecule has 0 spiro atoms. The van der Waals surface area contributed by atoms with Gasteiger partial charge in [-0.1, -0.05) is 12.8 Å². The summed E-state index contributed by atoms with van der Waals surface area (Å²) in [5.41, 5.74) is 0. The molecule has 0 saturated heterocycles. The van der Waals surface area contributed by atoms with Gasteiger partial charge in [0.15, 0.2) is 0 Å². The van der Waals surface area contributed by atoms with Gasteiger partial charge in [-0.2, -0.15) is 0 Å². The Morgan fingerprint density at radius 3 is 2.89 bits per heavy atom. The molecule has 102 valence electrons. The second-order valence-corrected chi connectivity index (χ2v) is 4.96. The molecule has 2 heterocycles. The predicted molar refractivity (Wildman–Crippen MR) is 70.2 cm³/mol. The Morgan fingerprint density at radius 1 is 1.11 bits per heavy atom. The molecule has 5 nitrogen and oxygen atoms in total. The standard InChI is InChI=1S/C13H24N4O/c18-10-6-2-1-4-8-14-11-13-16-15-12-7-3-5-9-17(12)13/h14,18H,1-11H2. The van der Waals surface area contributed by atoms with E-state index in [-0.39, 0.29) is 0 Å². The van der Waals surface area contributed by atoms with E-state index in [2.05, 4.69) is 20.1 Å². The fraction of sp³-hybridized carbons (Fsp3) is 0.846. The molecule has 1 aliphatic rings. The highest BCUT2D eigenvalue weighted by Crippen LogP contribution is 2.13. The third-order valence-electron chi connectivity index (χ3n) is 3.48. The SMILES string of the molecule is OCCCCCCNCc1nnc2n1CCCC2. The second-order valence-electron chi connectivity index (χ2n) is 4.96. The van der Waals surface area contributed by atoms with Crippen LogP contribution in [0.2, 0.25) is 0 Å². The van der Waals surface area contributed by atoms with Gasteiger partial charge in [-0.3, -0.25) is 0 Å². The van der Waals surface area contributed by atoms with Crippen molar-refractivity contribution < 1.29 is 5.11 Å². The van der Waals surface area contributed by atoms with Crippen molar-refractivity contribution in [3.8, 4) is 0 Å². The van der Waals surface area contributed by atoms with E-state index in [0.717, 1.165) is 50.5 Å². The van der Waals surface area contributed by atoms with E-state index in [1.54, 1.807) is 0 Å². The number of aliphatic hydroxyl groups excluding tert-OH is 1. The molecule has 1 aromatic rings. The summed E-state index contributed by atoms with van der Waals surface area (Å²) in [4.78, 5) is 0. The molecular weight excluding hydrogens is 228 g/mol. The molecule has 0 bridgehead atoms. The summed E-state index contributed by atoms with van der Waals surface area (Å²) in [5.74, 6) is 2.24. The Hall–Kier alpha value is -0.940. The van der Waals surface area contributed by atoms with Crippen molar-refractivity contribution >= 4 is 0 Å². The number of hydrogen-bond donors (Lipinski definition) is 2. The molecule has 0 aliphatic carbocycles. The van der Waals surface area contributed by atoms with Gasteiger partial charge >= 0.3 is 0 Å². The van der Waals surface area contributed by atoms with Crippen LogP contribution in [0.25, 0.3) is 0 Å². The lowest BCUT2D eigenvalue weighted by molar-refractivity contribution is 0.282. The zero-order valence-corrected chi connectivity index (χ0v) is 11.1. The van der Waals surface area contributed by atoms with E-state index >= 15 is 0 Å². The van der Waals surface area contributed by atoms with E-state index in [0.29, 0.717) is 6.61 Å². The quantitative estimate of drug-likeness (QED) is 0.684. The summed E-state index contributed by atoms with van der Waals surface area (Å²) in [6, 6.07) is 0. The number of aliphatic hydroxyl groups is 1. The summed E-state index contributed by atoms with van der Waals surface area (Å²) in [5, 5.41) is 20.6. The average Bonchev–Trinajstić information content (AvgIpc) is 2.81. The zero-order chi connectivity index (χ0) is 12.6. The maximum absolute atomic E-state index is 8.67. The minimum atomic E-state index is 0.319. The van der Waals surface area contributed by atoms with Gasteiger partial charge in [-0.05, 0) is 32.2 Å². The summed E-state index contributed by atoms with van der Waals surface area (Å²) < 4.78 is 2.27. The molecule has 1 aliphatic heterocycles. The van der Waals surface area contributed by atoms with E-state index in [9.17, 15) is 0 Å². The van der Waals surface area contributed by atoms with Crippen molar-refractivity contribution in [1.29, 1.82) is 0 Å². The molecule has 0 radical (unpaired) electrons. The van der Waals surface area contributed by atoms with E-state index < -0.39 is 0 Å². The maximum Gasteiger partial charge on any atom is 0.147 e. The van der Waals surface area contributed by atoms with Gasteiger partial charge in [0.1, 0.15) is 11.6 Å². The number of aromatic nitrogens is 3. The summed E-state index contributed by atoms with van der Waals surface area (Å²) in [7, 11) is 0. The number of nitrogens with zero attached hydrogens (tertiary/aromatic N) is 3. The van der Waals surface area contributed by atoms with E-state index in [4.69, 9.17) is 5.11 Å². The molecule has 18 heavy (non-hydrogen) atoms. The van der Waals surface area contributed by atoms with Gasteiger partial charge in [0, 0.05) is 19.6 Å². The maximum atomic E-state index is 8.67. The minimum absolute atomic E-state index is 0.319. The topological polar surface area (TPSA) is 63.0 Å². The Balaban J connectivity index is 1.63. The molecule has 0 aromatic carbocycles. The summed E-state index contributed by atoms with van der Waals surface area (Å²) >= 11 is 0. The lowest BCUT2D eigenvalue weighted by Gasteiger charge is -2.14. The number of hydrogen-bond acceptors (Lipinski definition) is 4. The summed E-state index contributed by atoms with van der Waals surface area (Å²) in [6.07, 6.45) is 7.98. The molecule has 1 aromatic heterocycles. The fourth-order valence-electron chi connectivity index (χ4n) is 2.41.